The lowest BCUT2D eigenvalue weighted by Gasteiger charge is -2.16. The third-order valence-electron chi connectivity index (χ3n) is 4.83. The molecule has 3 rings (SSSR count). The average molecular weight is 406 g/mol. The van der Waals surface area contributed by atoms with Crippen LogP contribution in [0.1, 0.15) is 26.2 Å². The zero-order valence-corrected chi connectivity index (χ0v) is 16.0. The number of aromatic nitrogens is 1. The molecule has 0 radical (unpaired) electrons. The van der Waals surface area contributed by atoms with E-state index in [2.05, 4.69) is 10.3 Å². The summed E-state index contributed by atoms with van der Waals surface area (Å²) in [5.74, 6) is -2.39. The second-order valence-corrected chi connectivity index (χ2v) is 7.06. The van der Waals surface area contributed by atoms with E-state index in [4.69, 9.17) is 16.3 Å². The van der Waals surface area contributed by atoms with Gasteiger partial charge in [0.2, 0.25) is 11.8 Å². The van der Waals surface area contributed by atoms with E-state index >= 15 is 0 Å². The molecule has 3 atom stereocenters. The molecule has 2 aliphatic rings. The molecule has 1 aliphatic carbocycles. The van der Waals surface area contributed by atoms with Gasteiger partial charge in [0, 0.05) is 12.7 Å². The second-order valence-electron chi connectivity index (χ2n) is 6.70. The summed E-state index contributed by atoms with van der Waals surface area (Å²) in [5, 5.41) is 2.65. The summed E-state index contributed by atoms with van der Waals surface area (Å²) >= 11 is 5.87. The Morgan fingerprint density at radius 3 is 2.54 bits per heavy atom. The maximum atomic E-state index is 12.4. The number of imide groups is 1. The zero-order valence-electron chi connectivity index (χ0n) is 15.3. The van der Waals surface area contributed by atoms with E-state index in [1.807, 2.05) is 12.2 Å². The molecule has 0 aromatic carbocycles. The van der Waals surface area contributed by atoms with Crippen molar-refractivity contribution in [2.24, 2.45) is 11.8 Å². The fourth-order valence-electron chi connectivity index (χ4n) is 3.32. The predicted molar refractivity (Wildman–Crippen MR) is 100 cm³/mol. The Balaban J connectivity index is 1.49. The Hall–Kier alpha value is -2.74. The number of halogens is 1. The summed E-state index contributed by atoms with van der Waals surface area (Å²) in [4.78, 5) is 53.9. The lowest BCUT2D eigenvalue weighted by Crippen LogP contribution is -2.35. The highest BCUT2D eigenvalue weighted by Crippen LogP contribution is 2.35. The number of hydrogen-bond acceptors (Lipinski definition) is 6. The third-order valence-corrected chi connectivity index (χ3v) is 5.13. The minimum absolute atomic E-state index is 0.0493. The number of rotatable bonds is 6. The van der Waals surface area contributed by atoms with Crippen LogP contribution in [0.15, 0.2) is 30.5 Å². The van der Waals surface area contributed by atoms with Crippen molar-refractivity contribution in [1.82, 2.24) is 9.88 Å². The van der Waals surface area contributed by atoms with Crippen LogP contribution >= 0.6 is 11.6 Å². The van der Waals surface area contributed by atoms with Gasteiger partial charge in [0.15, 0.2) is 11.3 Å². The number of hydrogen-bond donors (Lipinski definition) is 1. The fraction of sp³-hybridized carbons (Fsp3) is 0.421. The van der Waals surface area contributed by atoms with Gasteiger partial charge >= 0.3 is 5.97 Å². The molecule has 1 saturated heterocycles. The molecule has 28 heavy (non-hydrogen) atoms. The Morgan fingerprint density at radius 1 is 1.29 bits per heavy atom. The number of esters is 1. The van der Waals surface area contributed by atoms with Crippen LogP contribution in [-0.4, -0.2) is 46.2 Å². The van der Waals surface area contributed by atoms with E-state index in [1.54, 1.807) is 12.1 Å². The van der Waals surface area contributed by atoms with Gasteiger partial charge in [-0.1, -0.05) is 23.8 Å². The third kappa shape index (κ3) is 4.22. The Bertz CT molecular complexity index is 815. The average Bonchev–Trinajstić information content (AvgIpc) is 2.92. The maximum Gasteiger partial charge on any atom is 0.308 e. The number of carbonyl (C=O) groups is 4. The van der Waals surface area contributed by atoms with Crippen LogP contribution in [0.25, 0.3) is 0 Å². The predicted octanol–water partition coefficient (Wildman–Crippen LogP) is 1.95. The summed E-state index contributed by atoms with van der Waals surface area (Å²) in [7, 11) is 0. The normalized spacial score (nSPS) is 22.0. The van der Waals surface area contributed by atoms with Crippen molar-refractivity contribution in [2.45, 2.75) is 32.3 Å². The van der Waals surface area contributed by atoms with Crippen molar-refractivity contribution in [2.75, 3.05) is 11.9 Å². The lowest BCUT2D eigenvalue weighted by molar-refractivity contribution is -0.154. The SMILES string of the molecule is C[C@H](OC(=O)CCN1C(=O)[C@H]2CC=CC[C@@H]2C1=O)C(=O)Nc1cccnc1Cl. The zero-order chi connectivity index (χ0) is 20.3. The first-order valence-electron chi connectivity index (χ1n) is 8.99. The molecule has 1 aliphatic heterocycles. The van der Waals surface area contributed by atoms with Crippen LogP contribution in [0, 0.1) is 11.8 Å². The number of amides is 3. The highest BCUT2D eigenvalue weighted by atomic mass is 35.5. The van der Waals surface area contributed by atoms with E-state index < -0.39 is 18.0 Å². The van der Waals surface area contributed by atoms with Crippen molar-refractivity contribution < 1.29 is 23.9 Å². The number of ether oxygens (including phenoxy) is 1. The molecule has 2 heterocycles. The van der Waals surface area contributed by atoms with Crippen LogP contribution in [0.2, 0.25) is 5.15 Å². The number of pyridine rings is 1. The van der Waals surface area contributed by atoms with Crippen LogP contribution in [0.4, 0.5) is 5.69 Å². The smallest absolute Gasteiger partial charge is 0.308 e. The summed E-state index contributed by atoms with van der Waals surface area (Å²) < 4.78 is 5.10. The molecule has 9 heteroatoms. The summed E-state index contributed by atoms with van der Waals surface area (Å²) in [6.07, 6.45) is 5.14. The van der Waals surface area contributed by atoms with Gasteiger partial charge in [0.25, 0.3) is 5.91 Å². The molecule has 3 amide bonds. The minimum Gasteiger partial charge on any atom is -0.452 e. The van der Waals surface area contributed by atoms with E-state index in [1.165, 1.54) is 13.1 Å². The van der Waals surface area contributed by atoms with Crippen molar-refractivity contribution in [3.63, 3.8) is 0 Å². The van der Waals surface area contributed by atoms with Crippen LogP contribution in [0.5, 0.6) is 0 Å². The molecule has 1 aromatic rings. The van der Waals surface area contributed by atoms with Gasteiger partial charge in [-0.05, 0) is 31.9 Å². The van der Waals surface area contributed by atoms with Crippen molar-refractivity contribution in [3.8, 4) is 0 Å². The number of nitrogens with one attached hydrogen (secondary N) is 1. The number of likely N-dealkylation sites (tertiary alicyclic amines) is 1. The minimum atomic E-state index is -1.07. The molecule has 8 nitrogen and oxygen atoms in total. The highest BCUT2D eigenvalue weighted by molar-refractivity contribution is 6.32. The van der Waals surface area contributed by atoms with Crippen molar-refractivity contribution in [1.29, 1.82) is 0 Å². The van der Waals surface area contributed by atoms with Gasteiger partial charge in [-0.2, -0.15) is 0 Å². The monoisotopic (exact) mass is 405 g/mol. The molecule has 1 aromatic heterocycles. The lowest BCUT2D eigenvalue weighted by atomic mass is 9.85. The molecule has 0 spiro atoms. The fourth-order valence-corrected chi connectivity index (χ4v) is 3.48. The Labute approximate surface area is 166 Å². The molecule has 1 fully saturated rings. The summed E-state index contributed by atoms with van der Waals surface area (Å²) in [6.45, 7) is 1.37. The largest absolute Gasteiger partial charge is 0.452 e. The second kappa shape index (κ2) is 8.52. The first-order chi connectivity index (χ1) is 13.4. The van der Waals surface area contributed by atoms with Crippen LogP contribution in [-0.2, 0) is 23.9 Å². The van der Waals surface area contributed by atoms with Gasteiger partial charge in [0.1, 0.15) is 0 Å². The maximum absolute atomic E-state index is 12.4. The number of allylic oxidation sites excluding steroid dienone is 2. The summed E-state index contributed by atoms with van der Waals surface area (Å²) in [5.41, 5.74) is 0.307. The van der Waals surface area contributed by atoms with Crippen LogP contribution < -0.4 is 5.32 Å². The Kier molecular flexibility index (Phi) is 6.08. The number of nitrogens with zero attached hydrogens (tertiary/aromatic N) is 2. The topological polar surface area (TPSA) is 106 Å². The quantitative estimate of drug-likeness (QED) is 0.335. The van der Waals surface area contributed by atoms with E-state index in [-0.39, 0.29) is 41.8 Å². The van der Waals surface area contributed by atoms with Gasteiger partial charge in [-0.25, -0.2) is 4.98 Å². The molecular weight excluding hydrogens is 386 g/mol. The molecule has 0 bridgehead atoms. The van der Waals surface area contributed by atoms with Gasteiger partial charge in [0.05, 0.1) is 23.9 Å². The number of carbonyl (C=O) groups excluding carboxylic acids is 4. The van der Waals surface area contributed by atoms with E-state index in [0.717, 1.165) is 4.90 Å². The number of anilines is 1. The first-order valence-corrected chi connectivity index (χ1v) is 9.37. The van der Waals surface area contributed by atoms with Gasteiger partial charge in [-0.3, -0.25) is 24.1 Å². The van der Waals surface area contributed by atoms with E-state index in [9.17, 15) is 19.2 Å². The van der Waals surface area contributed by atoms with Gasteiger partial charge in [-0.15, -0.1) is 0 Å². The molecular formula is C19H20ClN3O5. The number of fused-ring (bicyclic) bond motifs is 1. The van der Waals surface area contributed by atoms with Crippen molar-refractivity contribution in [3.05, 3.63) is 35.6 Å². The summed E-state index contributed by atoms with van der Waals surface area (Å²) in [6, 6.07) is 3.18. The highest BCUT2D eigenvalue weighted by Gasteiger charge is 2.47. The molecule has 1 N–H and O–H groups in total. The molecule has 0 saturated carbocycles. The van der Waals surface area contributed by atoms with Gasteiger partial charge < -0.3 is 10.1 Å². The van der Waals surface area contributed by atoms with Crippen molar-refractivity contribution >= 4 is 41.0 Å². The molecule has 0 unspecified atom stereocenters. The van der Waals surface area contributed by atoms with E-state index in [0.29, 0.717) is 18.5 Å². The Morgan fingerprint density at radius 2 is 1.93 bits per heavy atom. The standard InChI is InChI=1S/C19H20ClN3O5/c1-11(17(25)22-14-7-4-9-21-16(14)20)28-15(24)8-10-23-18(26)12-5-2-3-6-13(12)19(23)27/h2-4,7,9,11-13H,5-6,8,10H2,1H3,(H,22,25)/t11-,12-,13-/m0/s1. The molecule has 148 valence electrons. The first kappa shape index (κ1) is 20.0. The van der Waals surface area contributed by atoms with Crippen LogP contribution in [0.3, 0.4) is 0 Å².